The zero-order chi connectivity index (χ0) is 12.7. The molecule has 0 saturated carbocycles. The highest BCUT2D eigenvalue weighted by Crippen LogP contribution is 1.98. The molecular formula is C12H18BNO3. The average Bonchev–Trinajstić information content (AvgIpc) is 2.34. The van der Waals surface area contributed by atoms with Crippen LogP contribution in [-0.2, 0) is 0 Å². The second kappa shape index (κ2) is 7.09. The van der Waals surface area contributed by atoms with Crippen molar-refractivity contribution >= 4 is 18.5 Å². The molecule has 0 aliphatic carbocycles. The lowest BCUT2D eigenvalue weighted by molar-refractivity contribution is 0.0953. The summed E-state index contributed by atoms with van der Waals surface area (Å²) in [6, 6.07) is 6.49. The number of rotatable bonds is 6. The molecule has 1 aromatic rings. The highest BCUT2D eigenvalue weighted by Gasteiger charge is 2.19. The van der Waals surface area contributed by atoms with E-state index in [1.54, 1.807) is 18.2 Å². The van der Waals surface area contributed by atoms with Crippen molar-refractivity contribution in [3.05, 3.63) is 29.8 Å². The van der Waals surface area contributed by atoms with Crippen LogP contribution < -0.4 is 10.8 Å². The minimum absolute atomic E-state index is 0.237. The number of amides is 1. The number of benzene rings is 1. The van der Waals surface area contributed by atoms with E-state index in [-0.39, 0.29) is 11.4 Å². The van der Waals surface area contributed by atoms with Crippen LogP contribution in [0.3, 0.4) is 0 Å². The van der Waals surface area contributed by atoms with Crippen molar-refractivity contribution in [1.82, 2.24) is 5.32 Å². The number of hydrogen-bond acceptors (Lipinski definition) is 3. The quantitative estimate of drug-likeness (QED) is 0.490. The summed E-state index contributed by atoms with van der Waals surface area (Å²) in [5.41, 5.74) is 0.555. The Hall–Kier alpha value is -1.33. The summed E-state index contributed by atoms with van der Waals surface area (Å²) in [6.07, 6.45) is 3.11. The molecule has 0 fully saturated rings. The Morgan fingerprint density at radius 2 is 2.00 bits per heavy atom. The van der Waals surface area contributed by atoms with E-state index >= 15 is 0 Å². The minimum Gasteiger partial charge on any atom is -0.423 e. The zero-order valence-electron chi connectivity index (χ0n) is 10.0. The second-order valence-electron chi connectivity index (χ2n) is 3.92. The Labute approximate surface area is 102 Å². The SMILES string of the molecule is CCCCCNC(=O)c1ccccc1B(O)O. The van der Waals surface area contributed by atoms with Crippen LogP contribution in [-0.4, -0.2) is 29.6 Å². The van der Waals surface area contributed by atoms with Crippen molar-refractivity contribution in [2.45, 2.75) is 26.2 Å². The van der Waals surface area contributed by atoms with Crippen LogP contribution in [0, 0.1) is 0 Å². The molecule has 1 amide bonds. The third-order valence-corrected chi connectivity index (χ3v) is 2.55. The normalized spacial score (nSPS) is 10.1. The predicted molar refractivity (Wildman–Crippen MR) is 68.1 cm³/mol. The number of hydrogen-bond donors (Lipinski definition) is 3. The Bertz CT molecular complexity index is 369. The monoisotopic (exact) mass is 235 g/mol. The third-order valence-electron chi connectivity index (χ3n) is 2.55. The van der Waals surface area contributed by atoms with Crippen molar-refractivity contribution in [3.8, 4) is 0 Å². The lowest BCUT2D eigenvalue weighted by Gasteiger charge is -2.09. The van der Waals surface area contributed by atoms with Gasteiger partial charge >= 0.3 is 7.12 Å². The van der Waals surface area contributed by atoms with Crippen LogP contribution in [0.2, 0.25) is 0 Å². The van der Waals surface area contributed by atoms with Gasteiger partial charge in [0, 0.05) is 12.1 Å². The Kier molecular flexibility index (Phi) is 5.73. The van der Waals surface area contributed by atoms with E-state index in [0.717, 1.165) is 19.3 Å². The zero-order valence-corrected chi connectivity index (χ0v) is 10.0. The molecule has 5 heteroatoms. The molecule has 1 rings (SSSR count). The maximum atomic E-state index is 11.8. The maximum absolute atomic E-state index is 11.8. The largest absolute Gasteiger partial charge is 0.489 e. The first-order valence-corrected chi connectivity index (χ1v) is 5.90. The fourth-order valence-electron chi connectivity index (χ4n) is 1.60. The molecule has 0 atom stereocenters. The van der Waals surface area contributed by atoms with Crippen molar-refractivity contribution in [3.63, 3.8) is 0 Å². The van der Waals surface area contributed by atoms with Gasteiger partial charge in [-0.2, -0.15) is 0 Å². The summed E-state index contributed by atoms with van der Waals surface area (Å²) >= 11 is 0. The molecule has 17 heavy (non-hydrogen) atoms. The van der Waals surface area contributed by atoms with E-state index in [1.807, 2.05) is 0 Å². The molecule has 92 valence electrons. The topological polar surface area (TPSA) is 69.6 Å². The molecule has 1 aromatic carbocycles. The molecule has 0 spiro atoms. The van der Waals surface area contributed by atoms with Crippen molar-refractivity contribution in [1.29, 1.82) is 0 Å². The lowest BCUT2D eigenvalue weighted by Crippen LogP contribution is -2.38. The summed E-state index contributed by atoms with van der Waals surface area (Å²) in [5, 5.41) is 21.0. The highest BCUT2D eigenvalue weighted by molar-refractivity contribution is 6.60. The fourth-order valence-corrected chi connectivity index (χ4v) is 1.60. The van der Waals surface area contributed by atoms with Crippen molar-refractivity contribution < 1.29 is 14.8 Å². The standard InChI is InChI=1S/C12H18BNO3/c1-2-3-6-9-14-12(15)10-7-4-5-8-11(10)13(16)17/h4-5,7-8,16-17H,2-3,6,9H2,1H3,(H,14,15). The number of nitrogens with one attached hydrogen (secondary N) is 1. The van der Waals surface area contributed by atoms with Gasteiger partial charge in [0.25, 0.3) is 5.91 Å². The summed E-state index contributed by atoms with van der Waals surface area (Å²) in [6.45, 7) is 2.71. The van der Waals surface area contributed by atoms with Crippen molar-refractivity contribution in [2.75, 3.05) is 6.54 Å². The van der Waals surface area contributed by atoms with Crippen molar-refractivity contribution in [2.24, 2.45) is 0 Å². The van der Waals surface area contributed by atoms with Gasteiger partial charge < -0.3 is 15.4 Å². The lowest BCUT2D eigenvalue weighted by atomic mass is 9.77. The fraction of sp³-hybridized carbons (Fsp3) is 0.417. The van der Waals surface area contributed by atoms with Gasteiger partial charge in [-0.1, -0.05) is 38.0 Å². The Morgan fingerprint density at radius 3 is 2.65 bits per heavy atom. The molecule has 0 aliphatic heterocycles. The number of unbranched alkanes of at least 4 members (excludes halogenated alkanes) is 2. The van der Waals surface area contributed by atoms with Crippen LogP contribution in [0.1, 0.15) is 36.5 Å². The summed E-state index contributed by atoms with van der Waals surface area (Å²) in [5.74, 6) is -0.259. The van der Waals surface area contributed by atoms with Crippen LogP contribution in [0.15, 0.2) is 24.3 Å². The van der Waals surface area contributed by atoms with Crippen LogP contribution >= 0.6 is 0 Å². The van der Waals surface area contributed by atoms with Gasteiger partial charge in [0.1, 0.15) is 0 Å². The Balaban J connectivity index is 2.62. The molecule has 0 saturated heterocycles. The van der Waals surface area contributed by atoms with Gasteiger partial charge in [0.05, 0.1) is 0 Å². The minimum atomic E-state index is -1.62. The van der Waals surface area contributed by atoms with E-state index in [1.165, 1.54) is 6.07 Å². The third kappa shape index (κ3) is 4.21. The number of carbonyl (C=O) groups is 1. The average molecular weight is 235 g/mol. The molecular weight excluding hydrogens is 217 g/mol. The van der Waals surface area contributed by atoms with Crippen LogP contribution in [0.5, 0.6) is 0 Å². The molecule has 4 nitrogen and oxygen atoms in total. The number of carbonyl (C=O) groups excluding carboxylic acids is 1. The predicted octanol–water partition coefficient (Wildman–Crippen LogP) is 0.286. The summed E-state index contributed by atoms with van der Waals surface area (Å²) in [4.78, 5) is 11.8. The first-order valence-electron chi connectivity index (χ1n) is 5.90. The second-order valence-corrected chi connectivity index (χ2v) is 3.92. The molecule has 0 radical (unpaired) electrons. The Morgan fingerprint density at radius 1 is 1.29 bits per heavy atom. The molecule has 0 bridgehead atoms. The summed E-state index contributed by atoms with van der Waals surface area (Å²) in [7, 11) is -1.62. The van der Waals surface area contributed by atoms with Gasteiger partial charge in [-0.05, 0) is 17.9 Å². The van der Waals surface area contributed by atoms with E-state index in [2.05, 4.69) is 12.2 Å². The first-order chi connectivity index (χ1) is 8.16. The molecule has 0 unspecified atom stereocenters. The van der Waals surface area contributed by atoms with E-state index in [9.17, 15) is 4.79 Å². The maximum Gasteiger partial charge on any atom is 0.489 e. The molecule has 0 aromatic heterocycles. The smallest absolute Gasteiger partial charge is 0.423 e. The highest BCUT2D eigenvalue weighted by atomic mass is 16.4. The summed E-state index contributed by atoms with van der Waals surface area (Å²) < 4.78 is 0. The van der Waals surface area contributed by atoms with Gasteiger partial charge in [0.2, 0.25) is 0 Å². The van der Waals surface area contributed by atoms with E-state index in [4.69, 9.17) is 10.0 Å². The molecule has 3 N–H and O–H groups in total. The van der Waals surface area contributed by atoms with Crippen LogP contribution in [0.4, 0.5) is 0 Å². The first kappa shape index (κ1) is 13.7. The van der Waals surface area contributed by atoms with E-state index < -0.39 is 7.12 Å². The van der Waals surface area contributed by atoms with Gasteiger partial charge in [-0.3, -0.25) is 4.79 Å². The van der Waals surface area contributed by atoms with Crippen LogP contribution in [0.25, 0.3) is 0 Å². The van der Waals surface area contributed by atoms with Gasteiger partial charge in [-0.25, -0.2) is 0 Å². The van der Waals surface area contributed by atoms with Gasteiger partial charge in [0.15, 0.2) is 0 Å². The van der Waals surface area contributed by atoms with E-state index in [0.29, 0.717) is 12.1 Å². The molecule has 0 heterocycles. The van der Waals surface area contributed by atoms with Gasteiger partial charge in [-0.15, -0.1) is 0 Å². The molecule has 0 aliphatic rings.